The van der Waals surface area contributed by atoms with Gasteiger partial charge in [0.05, 0.1) is 5.70 Å². The minimum atomic E-state index is -0.000637. The summed E-state index contributed by atoms with van der Waals surface area (Å²) in [6.45, 7) is 5.54. The van der Waals surface area contributed by atoms with Crippen molar-refractivity contribution in [1.29, 1.82) is 0 Å². The molecule has 0 unspecified atom stereocenters. The summed E-state index contributed by atoms with van der Waals surface area (Å²) in [5, 5.41) is 3.04. The van der Waals surface area contributed by atoms with Crippen LogP contribution in [0.15, 0.2) is 47.9 Å². The second-order valence-corrected chi connectivity index (χ2v) is 3.17. The Balaban J connectivity index is 2.22. The van der Waals surface area contributed by atoms with Crippen LogP contribution in [0.1, 0.15) is 6.92 Å². The molecule has 3 heteroatoms. The minimum Gasteiger partial charge on any atom is -0.352 e. The van der Waals surface area contributed by atoms with E-state index in [1.807, 2.05) is 19.1 Å². The first-order valence-corrected chi connectivity index (χ1v) is 4.32. The van der Waals surface area contributed by atoms with Crippen LogP contribution in [0.5, 0.6) is 0 Å². The van der Waals surface area contributed by atoms with Crippen molar-refractivity contribution in [1.82, 2.24) is 4.98 Å². The highest BCUT2D eigenvalue weighted by Crippen LogP contribution is 2.28. The molecule has 1 N–H and O–H groups in total. The number of carbonyl (C=O) groups excluding carboxylic acids is 1. The van der Waals surface area contributed by atoms with Crippen molar-refractivity contribution in [2.24, 2.45) is 0 Å². The van der Waals surface area contributed by atoms with E-state index in [1.54, 1.807) is 12.4 Å². The Kier molecular flexibility index (Phi) is 1.93. The fourth-order valence-electron chi connectivity index (χ4n) is 1.31. The van der Waals surface area contributed by atoms with Gasteiger partial charge in [0.1, 0.15) is 0 Å². The van der Waals surface area contributed by atoms with E-state index in [1.165, 1.54) is 0 Å². The first-order valence-electron chi connectivity index (χ1n) is 4.32. The lowest BCUT2D eigenvalue weighted by Crippen LogP contribution is -2.25. The molecule has 0 atom stereocenters. The van der Waals surface area contributed by atoms with Gasteiger partial charge < -0.3 is 5.32 Å². The number of pyridine rings is 1. The Hall–Kier alpha value is -1.90. The monoisotopic (exact) mass is 186 g/mol. The summed E-state index contributed by atoms with van der Waals surface area (Å²) in [5.41, 5.74) is 3.05. The van der Waals surface area contributed by atoms with Gasteiger partial charge in [-0.1, -0.05) is 6.58 Å². The zero-order chi connectivity index (χ0) is 10.1. The molecule has 3 nitrogen and oxygen atoms in total. The quantitative estimate of drug-likeness (QED) is 0.717. The maximum atomic E-state index is 11.3. The van der Waals surface area contributed by atoms with Crippen molar-refractivity contribution in [3.63, 3.8) is 0 Å². The van der Waals surface area contributed by atoms with Crippen molar-refractivity contribution in [2.45, 2.75) is 6.92 Å². The van der Waals surface area contributed by atoms with Crippen LogP contribution in [0, 0.1) is 0 Å². The van der Waals surface area contributed by atoms with E-state index in [-0.39, 0.29) is 5.78 Å². The average Bonchev–Trinajstić information content (AvgIpc) is 2.26. The van der Waals surface area contributed by atoms with Gasteiger partial charge in [-0.2, -0.15) is 0 Å². The summed E-state index contributed by atoms with van der Waals surface area (Å²) in [5.74, 6) is -0.000637. The number of hydrogen-bond donors (Lipinski definition) is 1. The molecule has 1 heterocycles. The number of nitrogens with one attached hydrogen (secondary N) is 1. The van der Waals surface area contributed by atoms with E-state index in [0.717, 1.165) is 11.3 Å². The van der Waals surface area contributed by atoms with Crippen LogP contribution >= 0.6 is 0 Å². The van der Waals surface area contributed by atoms with E-state index in [4.69, 9.17) is 0 Å². The first kappa shape index (κ1) is 8.69. The molecule has 0 aliphatic heterocycles. The molecule has 0 aromatic carbocycles. The lowest BCUT2D eigenvalue weighted by Gasteiger charge is -2.23. The third-order valence-corrected chi connectivity index (χ3v) is 2.28. The van der Waals surface area contributed by atoms with Crippen molar-refractivity contribution in [2.75, 3.05) is 5.32 Å². The van der Waals surface area contributed by atoms with Crippen LogP contribution in [0.25, 0.3) is 0 Å². The molecule has 1 aromatic rings. The highest BCUT2D eigenvalue weighted by molar-refractivity contribution is 6.20. The Morgan fingerprint density at radius 1 is 1.36 bits per heavy atom. The highest BCUT2D eigenvalue weighted by Gasteiger charge is 2.28. The topological polar surface area (TPSA) is 42.0 Å². The fourth-order valence-corrected chi connectivity index (χ4v) is 1.31. The van der Waals surface area contributed by atoms with Crippen molar-refractivity contribution >= 4 is 11.5 Å². The molecule has 1 aliphatic rings. The van der Waals surface area contributed by atoms with Crippen LogP contribution in [0.2, 0.25) is 0 Å². The number of Topliss-reactive ketones (excluding diaryl/α,β-unsaturated/α-hetero) is 1. The first-order chi connectivity index (χ1) is 6.70. The lowest BCUT2D eigenvalue weighted by atomic mass is 9.88. The van der Waals surface area contributed by atoms with E-state index >= 15 is 0 Å². The predicted molar refractivity (Wildman–Crippen MR) is 54.7 cm³/mol. The van der Waals surface area contributed by atoms with Crippen molar-refractivity contribution in [3.8, 4) is 0 Å². The molecule has 0 amide bonds. The average molecular weight is 186 g/mol. The molecule has 0 radical (unpaired) electrons. The third-order valence-electron chi connectivity index (χ3n) is 2.28. The molecule has 70 valence electrons. The van der Waals surface area contributed by atoms with Gasteiger partial charge in [-0.3, -0.25) is 9.78 Å². The van der Waals surface area contributed by atoms with Gasteiger partial charge >= 0.3 is 0 Å². The highest BCUT2D eigenvalue weighted by atomic mass is 16.1. The Morgan fingerprint density at radius 3 is 2.57 bits per heavy atom. The molecular formula is C11H10N2O. The second-order valence-electron chi connectivity index (χ2n) is 3.17. The minimum absolute atomic E-state index is 0.000637. The zero-order valence-electron chi connectivity index (χ0n) is 7.87. The molecule has 0 saturated heterocycles. The van der Waals surface area contributed by atoms with Gasteiger partial charge in [-0.15, -0.1) is 0 Å². The van der Waals surface area contributed by atoms with Crippen molar-refractivity contribution < 1.29 is 4.79 Å². The number of carbonyl (C=O) groups is 1. The number of anilines is 1. The largest absolute Gasteiger partial charge is 0.352 e. The fraction of sp³-hybridized carbons (Fsp3) is 0.0909. The molecule has 14 heavy (non-hydrogen) atoms. The molecule has 2 rings (SSSR count). The lowest BCUT2D eigenvalue weighted by molar-refractivity contribution is -0.113. The molecule has 0 bridgehead atoms. The number of ketones is 1. The van der Waals surface area contributed by atoms with Crippen LogP contribution in [0.4, 0.5) is 5.69 Å². The second kappa shape index (κ2) is 3.10. The SMILES string of the molecule is C=C1C(=O)C(Nc2ccncc2)=C1C. The van der Waals surface area contributed by atoms with Gasteiger partial charge in [0, 0.05) is 23.7 Å². The summed E-state index contributed by atoms with van der Waals surface area (Å²) in [4.78, 5) is 15.2. The third kappa shape index (κ3) is 1.23. The molecule has 1 aromatic heterocycles. The summed E-state index contributed by atoms with van der Waals surface area (Å²) in [7, 11) is 0. The number of allylic oxidation sites excluding steroid dienone is 2. The normalized spacial score (nSPS) is 15.5. The Bertz CT molecular complexity index is 432. The molecule has 0 fully saturated rings. The van der Waals surface area contributed by atoms with Gasteiger partial charge in [0.25, 0.3) is 0 Å². The Morgan fingerprint density at radius 2 is 2.00 bits per heavy atom. The van der Waals surface area contributed by atoms with Gasteiger partial charge in [-0.05, 0) is 24.6 Å². The number of hydrogen-bond acceptors (Lipinski definition) is 3. The van der Waals surface area contributed by atoms with Gasteiger partial charge in [0.15, 0.2) is 0 Å². The van der Waals surface area contributed by atoms with Crippen LogP contribution in [-0.4, -0.2) is 10.8 Å². The summed E-state index contributed by atoms with van der Waals surface area (Å²) in [6.07, 6.45) is 3.35. The van der Waals surface area contributed by atoms with E-state index in [2.05, 4.69) is 16.9 Å². The summed E-state index contributed by atoms with van der Waals surface area (Å²) >= 11 is 0. The number of nitrogens with zero attached hydrogens (tertiary/aromatic N) is 1. The number of aromatic nitrogens is 1. The predicted octanol–water partition coefficient (Wildman–Crippen LogP) is 1.91. The Labute approximate surface area is 82.2 Å². The van der Waals surface area contributed by atoms with Gasteiger partial charge in [-0.25, -0.2) is 0 Å². The van der Waals surface area contributed by atoms with E-state index in [0.29, 0.717) is 11.3 Å². The molecule has 1 aliphatic carbocycles. The van der Waals surface area contributed by atoms with E-state index < -0.39 is 0 Å². The molecule has 0 saturated carbocycles. The summed E-state index contributed by atoms with van der Waals surface area (Å²) < 4.78 is 0. The maximum absolute atomic E-state index is 11.3. The number of rotatable bonds is 2. The zero-order valence-corrected chi connectivity index (χ0v) is 7.87. The van der Waals surface area contributed by atoms with Gasteiger partial charge in [0.2, 0.25) is 5.78 Å². The van der Waals surface area contributed by atoms with Crippen LogP contribution < -0.4 is 5.32 Å². The molecular weight excluding hydrogens is 176 g/mol. The van der Waals surface area contributed by atoms with Crippen LogP contribution in [0.3, 0.4) is 0 Å². The maximum Gasteiger partial charge on any atom is 0.209 e. The van der Waals surface area contributed by atoms with Crippen LogP contribution in [-0.2, 0) is 4.79 Å². The standard InChI is InChI=1S/C11H10N2O/c1-7-8(2)11(14)10(7)13-9-3-5-12-6-4-9/h3-6H,2H2,1H3,(H,12,13). The van der Waals surface area contributed by atoms with Crippen molar-refractivity contribution in [3.05, 3.63) is 47.9 Å². The molecule has 0 spiro atoms. The summed E-state index contributed by atoms with van der Waals surface area (Å²) in [6, 6.07) is 3.63. The smallest absolute Gasteiger partial charge is 0.209 e. The van der Waals surface area contributed by atoms with E-state index in [9.17, 15) is 4.79 Å².